The largest absolute Gasteiger partial charge is 0.387 e. The zero-order valence-electron chi connectivity index (χ0n) is 12.7. The second kappa shape index (κ2) is 4.65. The van der Waals surface area contributed by atoms with E-state index in [0.717, 1.165) is 32.3 Å². The average Bonchev–Trinajstić information content (AvgIpc) is 2.62. The van der Waals surface area contributed by atoms with Crippen molar-refractivity contribution >= 4 is 32.3 Å². The Labute approximate surface area is 137 Å². The zero-order chi connectivity index (χ0) is 16.6. The van der Waals surface area contributed by atoms with Crippen LogP contribution in [0.25, 0.3) is 32.3 Å². The maximum absolute atomic E-state index is 10.5. The molecule has 24 heavy (non-hydrogen) atoms. The van der Waals surface area contributed by atoms with E-state index in [1.807, 2.05) is 48.5 Å². The Kier molecular flexibility index (Phi) is 2.74. The molecule has 0 fully saturated rings. The van der Waals surface area contributed by atoms with E-state index in [0.29, 0.717) is 11.1 Å². The van der Waals surface area contributed by atoms with E-state index in [-0.39, 0.29) is 0 Å². The van der Waals surface area contributed by atoms with E-state index >= 15 is 0 Å². The molecule has 0 aliphatic heterocycles. The summed E-state index contributed by atoms with van der Waals surface area (Å²) in [5, 5.41) is 47.1. The van der Waals surface area contributed by atoms with Gasteiger partial charge >= 0.3 is 0 Å². The Bertz CT molecular complexity index is 1070. The van der Waals surface area contributed by atoms with Crippen molar-refractivity contribution < 1.29 is 20.4 Å². The molecule has 0 radical (unpaired) electrons. The van der Waals surface area contributed by atoms with E-state index in [1.165, 1.54) is 0 Å². The average molecular weight is 320 g/mol. The molecule has 4 aromatic rings. The molecule has 0 unspecified atom stereocenters. The van der Waals surface area contributed by atoms with Gasteiger partial charge in [-0.2, -0.15) is 0 Å². The number of hydrogen-bond acceptors (Lipinski definition) is 4. The minimum atomic E-state index is -1.41. The van der Waals surface area contributed by atoms with Gasteiger partial charge in [0, 0.05) is 0 Å². The van der Waals surface area contributed by atoms with E-state index in [1.54, 1.807) is 0 Å². The van der Waals surface area contributed by atoms with Crippen LogP contribution in [0, 0.1) is 0 Å². The lowest BCUT2D eigenvalue weighted by Gasteiger charge is -2.35. The molecule has 5 rings (SSSR count). The first kappa shape index (κ1) is 14.1. The number of rotatable bonds is 0. The fraction of sp³-hybridized carbons (Fsp3) is 0.200. The maximum atomic E-state index is 10.5. The smallest absolute Gasteiger partial charge is 0.113 e. The van der Waals surface area contributed by atoms with Crippen molar-refractivity contribution in [2.24, 2.45) is 0 Å². The fourth-order valence-corrected chi connectivity index (χ4v) is 4.16. The van der Waals surface area contributed by atoms with Gasteiger partial charge in [-0.15, -0.1) is 0 Å². The lowest BCUT2D eigenvalue weighted by atomic mass is 9.78. The highest BCUT2D eigenvalue weighted by Crippen LogP contribution is 2.45. The van der Waals surface area contributed by atoms with Gasteiger partial charge in [0.05, 0.1) is 0 Å². The van der Waals surface area contributed by atoms with Gasteiger partial charge in [-0.3, -0.25) is 0 Å². The summed E-state index contributed by atoms with van der Waals surface area (Å²) < 4.78 is 0. The Morgan fingerprint density at radius 1 is 0.625 bits per heavy atom. The maximum Gasteiger partial charge on any atom is 0.113 e. The molecule has 120 valence electrons. The Balaban J connectivity index is 2.01. The summed E-state index contributed by atoms with van der Waals surface area (Å²) in [6.07, 6.45) is -5.27. The summed E-state index contributed by atoms with van der Waals surface area (Å²) in [5.41, 5.74) is 0.984. The zero-order valence-corrected chi connectivity index (χ0v) is 12.7. The third-order valence-electron chi connectivity index (χ3n) is 5.33. The first-order valence-electron chi connectivity index (χ1n) is 8.00. The van der Waals surface area contributed by atoms with Crippen molar-refractivity contribution in [1.29, 1.82) is 0 Å². The predicted molar refractivity (Wildman–Crippen MR) is 92.1 cm³/mol. The summed E-state index contributed by atoms with van der Waals surface area (Å²) >= 11 is 0. The fourth-order valence-electron chi connectivity index (χ4n) is 4.16. The van der Waals surface area contributed by atoms with Crippen LogP contribution in [-0.2, 0) is 0 Å². The Morgan fingerprint density at radius 2 is 1.25 bits per heavy atom. The molecule has 0 bridgehead atoms. The number of hydrogen-bond donors (Lipinski definition) is 4. The van der Waals surface area contributed by atoms with Crippen molar-refractivity contribution in [1.82, 2.24) is 0 Å². The van der Waals surface area contributed by atoms with Gasteiger partial charge in [-0.05, 0) is 49.5 Å². The Morgan fingerprint density at radius 3 is 2.00 bits per heavy atom. The first-order chi connectivity index (χ1) is 11.6. The van der Waals surface area contributed by atoms with Crippen LogP contribution in [0.4, 0.5) is 0 Å². The minimum absolute atomic E-state index is 0.478. The standard InChI is InChI=1S/C20H16O4/c21-17-13-8-11-5-4-9-2-1-3-10-6-7-12(15(11)14(9)10)16(13)18(22)20(24)19(17)23/h1-8,17-24H/t17-,18+,19+,20+/m0/s1. The van der Waals surface area contributed by atoms with Gasteiger partial charge in [0.1, 0.15) is 24.4 Å². The number of benzene rings is 4. The van der Waals surface area contributed by atoms with E-state index in [9.17, 15) is 20.4 Å². The van der Waals surface area contributed by atoms with Crippen LogP contribution in [0.15, 0.2) is 48.5 Å². The summed E-state index contributed by atoms with van der Waals surface area (Å²) in [6.45, 7) is 0. The molecule has 0 heterocycles. The SMILES string of the molecule is O[C@H]1[C@H](O)[C@@H](O)c2cc3ccc4cccc5ccc(c2[C@H]1O)c3c45. The van der Waals surface area contributed by atoms with Crippen molar-refractivity contribution in [2.75, 3.05) is 0 Å². The number of aliphatic hydroxyl groups is 4. The monoisotopic (exact) mass is 320 g/mol. The quantitative estimate of drug-likeness (QED) is 0.375. The molecular formula is C20H16O4. The molecule has 4 atom stereocenters. The topological polar surface area (TPSA) is 80.9 Å². The summed E-state index contributed by atoms with van der Waals surface area (Å²) in [5.74, 6) is 0. The van der Waals surface area contributed by atoms with Crippen molar-refractivity contribution in [3.8, 4) is 0 Å². The third-order valence-corrected chi connectivity index (χ3v) is 5.33. The molecule has 4 N–H and O–H groups in total. The molecule has 4 aromatic carbocycles. The van der Waals surface area contributed by atoms with Gasteiger partial charge < -0.3 is 20.4 Å². The van der Waals surface area contributed by atoms with E-state index in [2.05, 4.69) is 0 Å². The molecule has 1 aliphatic rings. The predicted octanol–water partition coefficient (Wildman–Crippen LogP) is 2.39. The van der Waals surface area contributed by atoms with Crippen molar-refractivity contribution in [3.63, 3.8) is 0 Å². The lowest BCUT2D eigenvalue weighted by Crippen LogP contribution is -2.41. The first-order valence-corrected chi connectivity index (χ1v) is 8.00. The summed E-state index contributed by atoms with van der Waals surface area (Å²) in [7, 11) is 0. The van der Waals surface area contributed by atoms with Crippen LogP contribution in [0.5, 0.6) is 0 Å². The number of fused-ring (bicyclic) bond motifs is 2. The third kappa shape index (κ3) is 1.61. The second-order valence-electron chi connectivity index (χ2n) is 6.61. The van der Waals surface area contributed by atoms with Gasteiger partial charge in [-0.1, -0.05) is 42.5 Å². The molecule has 0 amide bonds. The van der Waals surface area contributed by atoms with Crippen molar-refractivity contribution in [3.05, 3.63) is 59.7 Å². The molecule has 0 saturated heterocycles. The highest BCUT2D eigenvalue weighted by molar-refractivity contribution is 6.23. The van der Waals surface area contributed by atoms with E-state index in [4.69, 9.17) is 0 Å². The second-order valence-corrected chi connectivity index (χ2v) is 6.61. The van der Waals surface area contributed by atoms with Crippen LogP contribution >= 0.6 is 0 Å². The molecule has 4 heteroatoms. The Hall–Kier alpha value is -2.24. The normalized spacial score (nSPS) is 27.2. The van der Waals surface area contributed by atoms with Crippen LogP contribution < -0.4 is 0 Å². The van der Waals surface area contributed by atoms with Crippen LogP contribution in [-0.4, -0.2) is 32.6 Å². The molecule has 0 aromatic heterocycles. The van der Waals surface area contributed by atoms with Crippen LogP contribution in [0.1, 0.15) is 23.3 Å². The molecule has 0 spiro atoms. The van der Waals surface area contributed by atoms with Gasteiger partial charge in [-0.25, -0.2) is 0 Å². The summed E-state index contributed by atoms with van der Waals surface area (Å²) in [4.78, 5) is 0. The van der Waals surface area contributed by atoms with E-state index < -0.39 is 24.4 Å². The van der Waals surface area contributed by atoms with Crippen LogP contribution in [0.3, 0.4) is 0 Å². The lowest BCUT2D eigenvalue weighted by molar-refractivity contribution is -0.119. The van der Waals surface area contributed by atoms with Gasteiger partial charge in [0.15, 0.2) is 0 Å². The number of aliphatic hydroxyl groups excluding tert-OH is 4. The van der Waals surface area contributed by atoms with Gasteiger partial charge in [0.25, 0.3) is 0 Å². The van der Waals surface area contributed by atoms with Crippen molar-refractivity contribution in [2.45, 2.75) is 24.4 Å². The minimum Gasteiger partial charge on any atom is -0.387 e. The molecule has 0 saturated carbocycles. The van der Waals surface area contributed by atoms with Crippen LogP contribution in [0.2, 0.25) is 0 Å². The highest BCUT2D eigenvalue weighted by atomic mass is 16.4. The molecular weight excluding hydrogens is 304 g/mol. The highest BCUT2D eigenvalue weighted by Gasteiger charge is 2.41. The summed E-state index contributed by atoms with van der Waals surface area (Å²) in [6, 6.07) is 15.8. The molecule has 4 nitrogen and oxygen atoms in total. The van der Waals surface area contributed by atoms with Gasteiger partial charge in [0.2, 0.25) is 0 Å². The molecule has 1 aliphatic carbocycles.